The van der Waals surface area contributed by atoms with Gasteiger partial charge in [-0.2, -0.15) is 0 Å². The lowest BCUT2D eigenvalue weighted by atomic mass is 10.1. The second-order valence-electron chi connectivity index (χ2n) is 3.17. The summed E-state index contributed by atoms with van der Waals surface area (Å²) < 4.78 is 0.443. The number of hydrogen-bond acceptors (Lipinski definition) is 1. The van der Waals surface area contributed by atoms with Crippen LogP contribution in [-0.4, -0.2) is 5.11 Å². The van der Waals surface area contributed by atoms with Crippen LogP contribution >= 0.6 is 22.6 Å². The van der Waals surface area contributed by atoms with Gasteiger partial charge in [-0.15, -0.1) is 0 Å². The standard InChI is InChI=1S/C11H15IO/c1-2-3-7-10(12)9-6-4-5-8-11(9)13/h4-6,8,10,13H,2-3,7H2,1H3. The quantitative estimate of drug-likeness (QED) is 0.655. The van der Waals surface area contributed by atoms with Crippen LogP contribution in [0.2, 0.25) is 0 Å². The molecule has 1 rings (SSSR count). The third-order valence-corrected chi connectivity index (χ3v) is 3.38. The number of hydrogen-bond donors (Lipinski definition) is 1. The fraction of sp³-hybridized carbons (Fsp3) is 0.455. The maximum absolute atomic E-state index is 9.58. The van der Waals surface area contributed by atoms with Gasteiger partial charge in [0.2, 0.25) is 0 Å². The predicted octanol–water partition coefficient (Wildman–Crippen LogP) is 4.06. The Balaban J connectivity index is 2.65. The summed E-state index contributed by atoms with van der Waals surface area (Å²) in [6, 6.07) is 7.60. The smallest absolute Gasteiger partial charge is 0.119 e. The van der Waals surface area contributed by atoms with E-state index in [2.05, 4.69) is 29.5 Å². The van der Waals surface area contributed by atoms with Crippen molar-refractivity contribution in [1.82, 2.24) is 0 Å². The molecule has 0 saturated carbocycles. The topological polar surface area (TPSA) is 20.2 Å². The van der Waals surface area contributed by atoms with Crippen LogP contribution in [-0.2, 0) is 0 Å². The molecule has 0 radical (unpaired) electrons. The Morgan fingerprint density at radius 1 is 1.38 bits per heavy atom. The number of aromatic hydroxyl groups is 1. The first-order chi connectivity index (χ1) is 6.25. The van der Waals surface area contributed by atoms with Crippen LogP contribution in [0.1, 0.15) is 35.7 Å². The fourth-order valence-corrected chi connectivity index (χ4v) is 2.26. The van der Waals surface area contributed by atoms with Crippen molar-refractivity contribution in [2.24, 2.45) is 0 Å². The lowest BCUT2D eigenvalue weighted by Crippen LogP contribution is -1.89. The first-order valence-corrected chi connectivity index (χ1v) is 5.92. The zero-order chi connectivity index (χ0) is 9.68. The summed E-state index contributed by atoms with van der Waals surface area (Å²) in [4.78, 5) is 0. The molecule has 1 atom stereocenters. The van der Waals surface area contributed by atoms with Crippen molar-refractivity contribution in [3.63, 3.8) is 0 Å². The zero-order valence-corrected chi connectivity index (χ0v) is 9.99. The van der Waals surface area contributed by atoms with E-state index in [1.54, 1.807) is 6.07 Å². The lowest BCUT2D eigenvalue weighted by molar-refractivity contribution is 0.467. The van der Waals surface area contributed by atoms with Crippen molar-refractivity contribution in [3.05, 3.63) is 29.8 Å². The van der Waals surface area contributed by atoms with Gasteiger partial charge in [0.05, 0.1) is 0 Å². The number of phenolic OH excluding ortho intramolecular Hbond substituents is 1. The van der Waals surface area contributed by atoms with E-state index in [4.69, 9.17) is 0 Å². The van der Waals surface area contributed by atoms with Gasteiger partial charge < -0.3 is 5.11 Å². The second-order valence-corrected chi connectivity index (χ2v) is 4.67. The summed E-state index contributed by atoms with van der Waals surface area (Å²) in [5.41, 5.74) is 1.07. The summed E-state index contributed by atoms with van der Waals surface area (Å²) in [6.07, 6.45) is 3.59. The molecular weight excluding hydrogens is 275 g/mol. The highest BCUT2D eigenvalue weighted by Crippen LogP contribution is 2.34. The normalized spacial score (nSPS) is 12.8. The molecule has 0 saturated heterocycles. The molecule has 1 aromatic carbocycles. The van der Waals surface area contributed by atoms with Gasteiger partial charge in [-0.25, -0.2) is 0 Å². The largest absolute Gasteiger partial charge is 0.508 e. The average molecular weight is 290 g/mol. The van der Waals surface area contributed by atoms with Crippen molar-refractivity contribution in [2.45, 2.75) is 30.1 Å². The summed E-state index contributed by atoms with van der Waals surface area (Å²) in [5, 5.41) is 9.58. The predicted molar refractivity (Wildman–Crippen MR) is 64.4 cm³/mol. The molecule has 0 fully saturated rings. The minimum atomic E-state index is 0.429. The number of benzene rings is 1. The lowest BCUT2D eigenvalue weighted by Gasteiger charge is -2.10. The minimum Gasteiger partial charge on any atom is -0.508 e. The minimum absolute atomic E-state index is 0.429. The third-order valence-electron chi connectivity index (χ3n) is 2.09. The maximum atomic E-state index is 9.58. The maximum Gasteiger partial charge on any atom is 0.119 e. The molecule has 0 bridgehead atoms. The molecule has 0 aliphatic rings. The molecule has 0 spiro atoms. The molecule has 1 unspecified atom stereocenters. The van der Waals surface area contributed by atoms with Gasteiger partial charge in [0, 0.05) is 9.49 Å². The molecule has 1 aromatic rings. The van der Waals surface area contributed by atoms with Crippen molar-refractivity contribution in [3.8, 4) is 5.75 Å². The number of unbranched alkanes of at least 4 members (excludes halogenated alkanes) is 1. The van der Waals surface area contributed by atoms with Gasteiger partial charge in [0.1, 0.15) is 5.75 Å². The Kier molecular flexibility index (Phi) is 4.56. The number of para-hydroxylation sites is 1. The van der Waals surface area contributed by atoms with E-state index >= 15 is 0 Å². The van der Waals surface area contributed by atoms with Crippen molar-refractivity contribution < 1.29 is 5.11 Å². The van der Waals surface area contributed by atoms with Crippen LogP contribution in [0.15, 0.2) is 24.3 Å². The fourth-order valence-electron chi connectivity index (χ4n) is 1.29. The molecule has 1 N–H and O–H groups in total. The summed E-state index contributed by atoms with van der Waals surface area (Å²) in [5.74, 6) is 0.429. The van der Waals surface area contributed by atoms with E-state index in [9.17, 15) is 5.11 Å². The van der Waals surface area contributed by atoms with E-state index < -0.39 is 0 Å². The van der Waals surface area contributed by atoms with E-state index in [-0.39, 0.29) is 0 Å². The van der Waals surface area contributed by atoms with Crippen LogP contribution in [0.3, 0.4) is 0 Å². The Hall–Kier alpha value is -0.250. The van der Waals surface area contributed by atoms with Crippen LogP contribution in [0.25, 0.3) is 0 Å². The molecule has 1 nitrogen and oxygen atoms in total. The Labute approximate surface area is 93.3 Å². The number of rotatable bonds is 4. The second kappa shape index (κ2) is 5.47. The van der Waals surface area contributed by atoms with Gasteiger partial charge in [-0.1, -0.05) is 60.6 Å². The molecule has 0 heterocycles. The molecule has 0 aliphatic carbocycles. The number of alkyl halides is 1. The highest BCUT2D eigenvalue weighted by Gasteiger charge is 2.09. The van der Waals surface area contributed by atoms with Gasteiger partial charge in [-0.05, 0) is 12.5 Å². The van der Waals surface area contributed by atoms with Crippen LogP contribution in [0.4, 0.5) is 0 Å². The van der Waals surface area contributed by atoms with E-state index in [1.165, 1.54) is 12.8 Å². The molecule has 13 heavy (non-hydrogen) atoms. The van der Waals surface area contributed by atoms with E-state index in [0.717, 1.165) is 12.0 Å². The molecule has 0 aliphatic heterocycles. The van der Waals surface area contributed by atoms with Gasteiger partial charge >= 0.3 is 0 Å². The van der Waals surface area contributed by atoms with Crippen molar-refractivity contribution in [2.75, 3.05) is 0 Å². The molecular formula is C11H15IO. The Bertz CT molecular complexity index is 260. The zero-order valence-electron chi connectivity index (χ0n) is 7.83. The summed E-state index contributed by atoms with van der Waals surface area (Å²) in [6.45, 7) is 2.19. The van der Waals surface area contributed by atoms with Crippen LogP contribution in [0, 0.1) is 0 Å². The van der Waals surface area contributed by atoms with E-state index in [0.29, 0.717) is 9.67 Å². The molecule has 0 aromatic heterocycles. The summed E-state index contributed by atoms with van der Waals surface area (Å²) in [7, 11) is 0. The molecule has 0 amide bonds. The highest BCUT2D eigenvalue weighted by atomic mass is 127. The number of phenols is 1. The molecule has 72 valence electrons. The van der Waals surface area contributed by atoms with Gasteiger partial charge in [-0.3, -0.25) is 0 Å². The monoisotopic (exact) mass is 290 g/mol. The third kappa shape index (κ3) is 3.18. The summed E-state index contributed by atoms with van der Waals surface area (Å²) >= 11 is 2.40. The Morgan fingerprint density at radius 2 is 2.08 bits per heavy atom. The SMILES string of the molecule is CCCCC(I)c1ccccc1O. The highest BCUT2D eigenvalue weighted by molar-refractivity contribution is 14.1. The van der Waals surface area contributed by atoms with Crippen molar-refractivity contribution >= 4 is 22.6 Å². The van der Waals surface area contributed by atoms with E-state index in [1.807, 2.05) is 18.2 Å². The van der Waals surface area contributed by atoms with Gasteiger partial charge in [0.15, 0.2) is 0 Å². The van der Waals surface area contributed by atoms with Gasteiger partial charge in [0.25, 0.3) is 0 Å². The van der Waals surface area contributed by atoms with Crippen molar-refractivity contribution in [1.29, 1.82) is 0 Å². The molecule has 2 heteroatoms. The van der Waals surface area contributed by atoms with Crippen LogP contribution in [0.5, 0.6) is 5.75 Å². The Morgan fingerprint density at radius 3 is 2.69 bits per heavy atom. The number of halogens is 1. The van der Waals surface area contributed by atoms with Crippen LogP contribution < -0.4 is 0 Å². The first-order valence-electron chi connectivity index (χ1n) is 4.67. The average Bonchev–Trinajstić information content (AvgIpc) is 2.15. The first kappa shape index (κ1) is 10.8.